The molecule has 0 spiro atoms. The van der Waals surface area contributed by atoms with E-state index in [4.69, 9.17) is 4.74 Å². The number of carbonyl (C=O) groups is 1. The molecule has 11 heteroatoms. The van der Waals surface area contributed by atoms with Gasteiger partial charge in [0.2, 0.25) is 0 Å². The van der Waals surface area contributed by atoms with Crippen molar-refractivity contribution in [1.29, 1.82) is 0 Å². The molecule has 0 bridgehead atoms. The van der Waals surface area contributed by atoms with E-state index in [1.54, 1.807) is 13.1 Å². The minimum absolute atomic E-state index is 0.0637. The van der Waals surface area contributed by atoms with Crippen molar-refractivity contribution in [3.05, 3.63) is 70.3 Å². The van der Waals surface area contributed by atoms with Crippen molar-refractivity contribution >= 4 is 33.2 Å². The average Bonchev–Trinajstić information content (AvgIpc) is 3.33. The largest absolute Gasteiger partial charge is 0.471 e. The SMILES string of the molecule is Cc1cc(C(F)F)n2ncc(C(=O)Nc3cnn(COc4ccc(Br)cc4)c3)c2n1. The molecule has 0 aliphatic carbocycles. The normalized spacial score (nSPS) is 11.2. The van der Waals surface area contributed by atoms with Crippen LogP contribution in [0.15, 0.2) is 53.4 Å². The fourth-order valence-corrected chi connectivity index (χ4v) is 3.06. The zero-order valence-electron chi connectivity index (χ0n) is 15.6. The quantitative estimate of drug-likeness (QED) is 0.450. The number of anilines is 1. The molecular weight excluding hydrogens is 462 g/mol. The van der Waals surface area contributed by atoms with Gasteiger partial charge in [0, 0.05) is 10.2 Å². The monoisotopic (exact) mass is 476 g/mol. The number of benzene rings is 1. The predicted molar refractivity (Wildman–Crippen MR) is 108 cm³/mol. The summed E-state index contributed by atoms with van der Waals surface area (Å²) in [5.41, 5.74) is 0.605. The fourth-order valence-electron chi connectivity index (χ4n) is 2.80. The maximum Gasteiger partial charge on any atom is 0.280 e. The first kappa shape index (κ1) is 20.0. The summed E-state index contributed by atoms with van der Waals surface area (Å²) in [6, 6.07) is 8.57. The molecule has 0 unspecified atom stereocenters. The van der Waals surface area contributed by atoms with Gasteiger partial charge in [-0.25, -0.2) is 23.0 Å². The van der Waals surface area contributed by atoms with Crippen LogP contribution in [-0.2, 0) is 6.73 Å². The molecule has 1 aromatic carbocycles. The molecule has 30 heavy (non-hydrogen) atoms. The van der Waals surface area contributed by atoms with E-state index in [1.807, 2.05) is 24.3 Å². The second-order valence-corrected chi connectivity index (χ2v) is 7.28. The van der Waals surface area contributed by atoms with Crippen molar-refractivity contribution < 1.29 is 18.3 Å². The van der Waals surface area contributed by atoms with E-state index in [2.05, 4.69) is 36.4 Å². The molecule has 0 saturated carbocycles. The summed E-state index contributed by atoms with van der Waals surface area (Å²) in [7, 11) is 0. The van der Waals surface area contributed by atoms with E-state index in [-0.39, 0.29) is 23.6 Å². The van der Waals surface area contributed by atoms with Gasteiger partial charge in [0.25, 0.3) is 12.3 Å². The van der Waals surface area contributed by atoms with Crippen molar-refractivity contribution in [1.82, 2.24) is 24.4 Å². The lowest BCUT2D eigenvalue weighted by Crippen LogP contribution is -2.12. The Morgan fingerprint density at radius 2 is 2.00 bits per heavy atom. The third-order valence-corrected chi connectivity index (χ3v) is 4.69. The van der Waals surface area contributed by atoms with Crippen LogP contribution >= 0.6 is 15.9 Å². The van der Waals surface area contributed by atoms with Crippen LogP contribution in [0.25, 0.3) is 5.65 Å². The fraction of sp³-hybridized carbons (Fsp3) is 0.158. The average molecular weight is 477 g/mol. The third kappa shape index (κ3) is 4.15. The highest BCUT2D eigenvalue weighted by molar-refractivity contribution is 9.10. The molecule has 4 rings (SSSR count). The first-order valence-electron chi connectivity index (χ1n) is 8.76. The number of alkyl halides is 2. The lowest BCUT2D eigenvalue weighted by atomic mass is 10.3. The Balaban J connectivity index is 1.47. The van der Waals surface area contributed by atoms with E-state index < -0.39 is 12.3 Å². The number of carbonyl (C=O) groups excluding carboxylic acids is 1. The second-order valence-electron chi connectivity index (χ2n) is 6.37. The number of ether oxygens (including phenoxy) is 1. The zero-order chi connectivity index (χ0) is 21.3. The van der Waals surface area contributed by atoms with Gasteiger partial charge in [-0.2, -0.15) is 10.2 Å². The van der Waals surface area contributed by atoms with Crippen LogP contribution in [0.5, 0.6) is 5.75 Å². The van der Waals surface area contributed by atoms with Crippen molar-refractivity contribution in [2.24, 2.45) is 0 Å². The molecule has 0 radical (unpaired) electrons. The lowest BCUT2D eigenvalue weighted by Gasteiger charge is -2.06. The molecule has 0 aliphatic rings. The molecule has 3 aromatic heterocycles. The van der Waals surface area contributed by atoms with Crippen LogP contribution in [0.4, 0.5) is 14.5 Å². The number of aromatic nitrogens is 5. The summed E-state index contributed by atoms with van der Waals surface area (Å²) in [6.07, 6.45) is 1.52. The van der Waals surface area contributed by atoms with E-state index in [9.17, 15) is 13.6 Å². The number of hydrogen-bond acceptors (Lipinski definition) is 5. The highest BCUT2D eigenvalue weighted by Crippen LogP contribution is 2.22. The number of rotatable bonds is 6. The van der Waals surface area contributed by atoms with Gasteiger partial charge in [-0.05, 0) is 37.3 Å². The third-order valence-electron chi connectivity index (χ3n) is 4.16. The summed E-state index contributed by atoms with van der Waals surface area (Å²) in [5, 5.41) is 10.7. The Labute approximate surface area is 177 Å². The van der Waals surface area contributed by atoms with Crippen molar-refractivity contribution in [3.8, 4) is 5.75 Å². The molecule has 8 nitrogen and oxygen atoms in total. The predicted octanol–water partition coefficient (Wildman–Crippen LogP) is 4.22. The van der Waals surface area contributed by atoms with Gasteiger partial charge < -0.3 is 10.1 Å². The number of fused-ring (bicyclic) bond motifs is 1. The second kappa shape index (κ2) is 8.19. The Bertz CT molecular complexity index is 1210. The molecule has 154 valence electrons. The van der Waals surface area contributed by atoms with Crippen molar-refractivity contribution in [3.63, 3.8) is 0 Å². The number of nitrogens with zero attached hydrogens (tertiary/aromatic N) is 5. The molecule has 1 N–H and O–H groups in total. The molecule has 4 aromatic rings. The van der Waals surface area contributed by atoms with Crippen LogP contribution in [0, 0.1) is 6.92 Å². The minimum Gasteiger partial charge on any atom is -0.471 e. The van der Waals surface area contributed by atoms with Crippen molar-refractivity contribution in [2.75, 3.05) is 5.32 Å². The number of nitrogens with one attached hydrogen (secondary N) is 1. The van der Waals surface area contributed by atoms with Crippen LogP contribution in [0.2, 0.25) is 0 Å². The molecule has 0 aliphatic heterocycles. The molecular formula is C19H15BrF2N6O2. The van der Waals surface area contributed by atoms with Gasteiger partial charge in [0.05, 0.1) is 24.3 Å². The lowest BCUT2D eigenvalue weighted by molar-refractivity contribution is 0.102. The molecule has 3 heterocycles. The van der Waals surface area contributed by atoms with Gasteiger partial charge in [-0.1, -0.05) is 15.9 Å². The summed E-state index contributed by atoms with van der Waals surface area (Å²) >= 11 is 3.35. The smallest absolute Gasteiger partial charge is 0.280 e. The topological polar surface area (TPSA) is 86.3 Å². The van der Waals surface area contributed by atoms with Crippen molar-refractivity contribution in [2.45, 2.75) is 20.1 Å². The molecule has 1 amide bonds. The Morgan fingerprint density at radius 3 is 2.73 bits per heavy atom. The van der Waals surface area contributed by atoms with Crippen LogP contribution in [0.1, 0.15) is 28.2 Å². The Kier molecular flexibility index (Phi) is 5.44. The molecule has 0 fully saturated rings. The van der Waals surface area contributed by atoms with Gasteiger partial charge in [0.1, 0.15) is 17.0 Å². The minimum atomic E-state index is -2.74. The number of aryl methyl sites for hydroxylation is 1. The first-order chi connectivity index (χ1) is 14.4. The molecule has 0 saturated heterocycles. The standard InChI is InChI=1S/C19H15BrF2N6O2/c1-11-6-16(17(21)22)28-18(25-11)15(8-24-28)19(29)26-13-7-23-27(9-13)10-30-14-4-2-12(20)3-5-14/h2-9,17H,10H2,1H3,(H,26,29). The van der Waals surface area contributed by atoms with Crippen LogP contribution in [0.3, 0.4) is 0 Å². The highest BCUT2D eigenvalue weighted by Gasteiger charge is 2.20. The van der Waals surface area contributed by atoms with Gasteiger partial charge >= 0.3 is 0 Å². The summed E-state index contributed by atoms with van der Waals surface area (Å²) in [6.45, 7) is 1.72. The maximum atomic E-state index is 13.2. The van der Waals surface area contributed by atoms with Crippen LogP contribution in [-0.4, -0.2) is 30.3 Å². The van der Waals surface area contributed by atoms with E-state index in [0.29, 0.717) is 17.1 Å². The van der Waals surface area contributed by atoms with Crippen LogP contribution < -0.4 is 10.1 Å². The summed E-state index contributed by atoms with van der Waals surface area (Å²) in [4.78, 5) is 16.8. The summed E-state index contributed by atoms with van der Waals surface area (Å²) < 4.78 is 35.5. The molecule has 0 atom stereocenters. The van der Waals surface area contributed by atoms with Gasteiger partial charge in [-0.15, -0.1) is 0 Å². The number of amides is 1. The zero-order valence-corrected chi connectivity index (χ0v) is 17.2. The van der Waals surface area contributed by atoms with Gasteiger partial charge in [-0.3, -0.25) is 4.79 Å². The number of halogens is 3. The first-order valence-corrected chi connectivity index (χ1v) is 9.55. The van der Waals surface area contributed by atoms with E-state index in [0.717, 1.165) is 8.99 Å². The highest BCUT2D eigenvalue weighted by atomic mass is 79.9. The number of hydrogen-bond donors (Lipinski definition) is 1. The summed E-state index contributed by atoms with van der Waals surface area (Å²) in [5.74, 6) is 0.138. The Morgan fingerprint density at radius 1 is 1.23 bits per heavy atom. The van der Waals surface area contributed by atoms with E-state index >= 15 is 0 Å². The van der Waals surface area contributed by atoms with E-state index in [1.165, 1.54) is 23.1 Å². The van der Waals surface area contributed by atoms with Gasteiger partial charge in [0.15, 0.2) is 12.4 Å². The maximum absolute atomic E-state index is 13.2. The Hall–Kier alpha value is -3.34.